The fourth-order valence-electron chi connectivity index (χ4n) is 2.61. The van der Waals surface area contributed by atoms with Crippen LogP contribution in [0.5, 0.6) is 0 Å². The summed E-state index contributed by atoms with van der Waals surface area (Å²) >= 11 is 4.92. The third-order valence-electron chi connectivity index (χ3n) is 4.14. The maximum atomic E-state index is 12.8. The highest BCUT2D eigenvalue weighted by Crippen LogP contribution is 2.23. The fraction of sp³-hybridized carbons (Fsp3) is 0.412. The maximum absolute atomic E-state index is 12.8. The lowest BCUT2D eigenvalue weighted by Gasteiger charge is -2.15. The molecule has 3 heterocycles. The summed E-state index contributed by atoms with van der Waals surface area (Å²) in [7, 11) is 0. The van der Waals surface area contributed by atoms with E-state index in [-0.39, 0.29) is 11.5 Å². The summed E-state index contributed by atoms with van der Waals surface area (Å²) in [5.74, 6) is 0.112. The van der Waals surface area contributed by atoms with Gasteiger partial charge in [0.2, 0.25) is 0 Å². The Morgan fingerprint density at radius 2 is 2.15 bits per heavy atom. The van der Waals surface area contributed by atoms with E-state index >= 15 is 0 Å². The highest BCUT2D eigenvalue weighted by Gasteiger charge is 2.20. The van der Waals surface area contributed by atoms with Crippen molar-refractivity contribution in [3.05, 3.63) is 43.5 Å². The number of aromatic nitrogens is 4. The second-order valence-electron chi connectivity index (χ2n) is 6.18. The molecule has 138 valence electrons. The van der Waals surface area contributed by atoms with Crippen LogP contribution in [0.25, 0.3) is 10.2 Å². The first kappa shape index (κ1) is 18.8. The van der Waals surface area contributed by atoms with Gasteiger partial charge in [-0.15, -0.1) is 11.3 Å². The van der Waals surface area contributed by atoms with Gasteiger partial charge in [-0.05, 0) is 49.2 Å². The molecule has 3 aromatic heterocycles. The molecule has 0 aliphatic carbocycles. The first-order valence-corrected chi connectivity index (χ1v) is 9.97. The molecule has 0 fully saturated rings. The lowest BCUT2D eigenvalue weighted by molar-refractivity contribution is -0.120. The van der Waals surface area contributed by atoms with Crippen molar-refractivity contribution in [2.45, 2.75) is 46.6 Å². The molecule has 0 aliphatic rings. The number of hydrogen-bond acceptors (Lipinski definition) is 5. The van der Waals surface area contributed by atoms with Crippen molar-refractivity contribution in [1.82, 2.24) is 19.4 Å². The zero-order valence-corrected chi connectivity index (χ0v) is 17.4. The smallest absolute Gasteiger partial charge is 0.271 e. The molecule has 3 rings (SSSR count). The van der Waals surface area contributed by atoms with E-state index in [0.717, 1.165) is 27.9 Å². The topological polar surface area (TPSA) is 81.8 Å². The van der Waals surface area contributed by atoms with Crippen LogP contribution in [0, 0.1) is 13.8 Å². The Hall–Kier alpha value is -2.00. The van der Waals surface area contributed by atoms with E-state index in [1.807, 2.05) is 13.0 Å². The molecule has 0 spiro atoms. The van der Waals surface area contributed by atoms with Crippen molar-refractivity contribution in [2.75, 3.05) is 5.43 Å². The van der Waals surface area contributed by atoms with Crippen LogP contribution in [-0.2, 0) is 11.2 Å². The summed E-state index contributed by atoms with van der Waals surface area (Å²) in [6, 6.07) is 1.30. The maximum Gasteiger partial charge on any atom is 0.281 e. The highest BCUT2D eigenvalue weighted by molar-refractivity contribution is 9.10. The van der Waals surface area contributed by atoms with Gasteiger partial charge in [-0.25, -0.2) is 9.66 Å². The molecule has 0 aromatic carbocycles. The molecule has 1 amide bonds. The van der Waals surface area contributed by atoms with Crippen LogP contribution in [0.3, 0.4) is 0 Å². The Morgan fingerprint density at radius 3 is 2.77 bits per heavy atom. The van der Waals surface area contributed by atoms with Crippen molar-refractivity contribution < 1.29 is 4.79 Å². The second kappa shape index (κ2) is 7.32. The first-order chi connectivity index (χ1) is 12.3. The molecule has 3 aromatic rings. The average molecular weight is 438 g/mol. The van der Waals surface area contributed by atoms with E-state index in [0.29, 0.717) is 16.0 Å². The molecular formula is C17H20BrN5O2S. The molecule has 0 bridgehead atoms. The second-order valence-corrected chi connectivity index (χ2v) is 8.15. The van der Waals surface area contributed by atoms with Gasteiger partial charge in [0, 0.05) is 11.1 Å². The molecule has 0 radical (unpaired) electrons. The minimum atomic E-state index is -0.569. The molecule has 0 saturated heterocycles. The lowest BCUT2D eigenvalue weighted by atomic mass is 10.2. The Kier molecular flexibility index (Phi) is 5.29. The van der Waals surface area contributed by atoms with Gasteiger partial charge in [0.15, 0.2) is 0 Å². The number of halogens is 1. The van der Waals surface area contributed by atoms with Crippen LogP contribution < -0.4 is 11.0 Å². The quantitative estimate of drug-likeness (QED) is 0.663. The van der Waals surface area contributed by atoms with Gasteiger partial charge in [0.1, 0.15) is 16.7 Å². The molecule has 0 saturated carbocycles. The van der Waals surface area contributed by atoms with Gasteiger partial charge in [0.05, 0.1) is 15.6 Å². The van der Waals surface area contributed by atoms with E-state index in [1.165, 1.54) is 16.0 Å². The van der Waals surface area contributed by atoms with Gasteiger partial charge >= 0.3 is 0 Å². The number of fused-ring (bicyclic) bond motifs is 1. The van der Waals surface area contributed by atoms with Crippen molar-refractivity contribution in [2.24, 2.45) is 0 Å². The van der Waals surface area contributed by atoms with Gasteiger partial charge < -0.3 is 0 Å². The number of aryl methyl sites for hydroxylation is 3. The number of rotatable bonds is 5. The van der Waals surface area contributed by atoms with Gasteiger partial charge in [-0.1, -0.05) is 13.3 Å². The van der Waals surface area contributed by atoms with Crippen molar-refractivity contribution in [1.29, 1.82) is 0 Å². The van der Waals surface area contributed by atoms with Crippen LogP contribution in [0.1, 0.15) is 42.7 Å². The summed E-state index contributed by atoms with van der Waals surface area (Å²) in [6.07, 6.45) is 3.66. The summed E-state index contributed by atoms with van der Waals surface area (Å²) in [6.45, 7) is 7.38. The highest BCUT2D eigenvalue weighted by atomic mass is 79.9. The third kappa shape index (κ3) is 3.45. The zero-order chi connectivity index (χ0) is 19.0. The molecule has 0 aliphatic heterocycles. The molecule has 9 heteroatoms. The molecular weight excluding hydrogens is 418 g/mol. The number of carbonyl (C=O) groups is 1. The van der Waals surface area contributed by atoms with Crippen LogP contribution in [0.15, 0.2) is 21.5 Å². The third-order valence-corrected chi connectivity index (χ3v) is 6.00. The van der Waals surface area contributed by atoms with Crippen LogP contribution in [0.4, 0.5) is 0 Å². The van der Waals surface area contributed by atoms with Gasteiger partial charge in [0.25, 0.3) is 11.5 Å². The van der Waals surface area contributed by atoms with Crippen LogP contribution >= 0.6 is 27.3 Å². The summed E-state index contributed by atoms with van der Waals surface area (Å²) in [4.78, 5) is 31.7. The molecule has 1 N–H and O–H groups in total. The van der Waals surface area contributed by atoms with E-state index in [1.54, 1.807) is 24.7 Å². The first-order valence-electron chi connectivity index (χ1n) is 8.36. The monoisotopic (exact) mass is 437 g/mol. The van der Waals surface area contributed by atoms with Crippen LogP contribution in [-0.4, -0.2) is 25.3 Å². The molecule has 1 atom stereocenters. The van der Waals surface area contributed by atoms with E-state index < -0.39 is 6.04 Å². The van der Waals surface area contributed by atoms with E-state index in [9.17, 15) is 9.59 Å². The standard InChI is InChI=1S/C17H20BrN5O2S/c1-5-6-12-7-13-16(26-12)19-11(4)23(17(13)25)21-15(24)10(3)22-8-14(18)9(2)20-22/h7-8,10H,5-6H2,1-4H3,(H,21,24)/t10-/m1/s1. The SMILES string of the molecule is CCCc1cc2c(=O)n(NC(=O)[C@@H](C)n3cc(Br)c(C)n3)c(C)nc2s1. The zero-order valence-electron chi connectivity index (χ0n) is 15.0. The molecule has 7 nitrogen and oxygen atoms in total. The van der Waals surface area contributed by atoms with Gasteiger partial charge in [-0.3, -0.25) is 19.7 Å². The predicted octanol–water partition coefficient (Wildman–Crippen LogP) is 3.32. The largest absolute Gasteiger partial charge is 0.281 e. The summed E-state index contributed by atoms with van der Waals surface area (Å²) in [5.41, 5.74) is 3.20. The molecule has 0 unspecified atom stereocenters. The van der Waals surface area contributed by atoms with Crippen molar-refractivity contribution >= 4 is 43.4 Å². The number of nitrogens with one attached hydrogen (secondary N) is 1. The van der Waals surface area contributed by atoms with Crippen LogP contribution in [0.2, 0.25) is 0 Å². The average Bonchev–Trinajstić information content (AvgIpc) is 3.14. The normalized spacial score (nSPS) is 12.5. The van der Waals surface area contributed by atoms with E-state index in [4.69, 9.17) is 0 Å². The number of amides is 1. The van der Waals surface area contributed by atoms with Crippen molar-refractivity contribution in [3.63, 3.8) is 0 Å². The Morgan fingerprint density at radius 1 is 1.42 bits per heavy atom. The Labute approximate surface area is 163 Å². The number of carbonyl (C=O) groups excluding carboxylic acids is 1. The predicted molar refractivity (Wildman–Crippen MR) is 106 cm³/mol. The van der Waals surface area contributed by atoms with E-state index in [2.05, 4.69) is 38.4 Å². The lowest BCUT2D eigenvalue weighted by Crippen LogP contribution is -2.38. The summed E-state index contributed by atoms with van der Waals surface area (Å²) < 4.78 is 3.61. The number of hydrogen-bond donors (Lipinski definition) is 1. The summed E-state index contributed by atoms with van der Waals surface area (Å²) in [5, 5.41) is 4.84. The Balaban J connectivity index is 1.92. The number of thiophene rings is 1. The number of nitrogens with zero attached hydrogens (tertiary/aromatic N) is 4. The molecule has 26 heavy (non-hydrogen) atoms. The fourth-order valence-corrected chi connectivity index (χ4v) is 4.07. The minimum absolute atomic E-state index is 0.260. The van der Waals surface area contributed by atoms with Crippen molar-refractivity contribution in [3.8, 4) is 0 Å². The van der Waals surface area contributed by atoms with Gasteiger partial charge in [-0.2, -0.15) is 5.10 Å². The minimum Gasteiger partial charge on any atom is -0.271 e. The Bertz CT molecular complexity index is 1020.